The molecule has 74 heavy (non-hydrogen) atoms. The minimum absolute atomic E-state index is 0.215. The molecule has 0 heterocycles. The molecule has 0 spiro atoms. The number of methoxy groups -OCH3 is 1. The van der Waals surface area contributed by atoms with Gasteiger partial charge in [-0.2, -0.15) is 0 Å². The van der Waals surface area contributed by atoms with Crippen molar-refractivity contribution in [1.29, 1.82) is 0 Å². The molecule has 0 unspecified atom stereocenters. The molecule has 0 radical (unpaired) electrons. The standard InChI is InChI=1S/C57H115N5O3.C8H18O/c1-5-9-13-17-21-22-23-24-25-29-32-36-44-59(45-39-34-35-41-54-63)49-42-50-62(51-43-58-56-64)57(65)55-61(48-40-33-28-20-16-12-8-4)53-52-60(46-37-30-26-18-14-10-6-2)47-38-31-27-19-15-11-7-3;1-3-4-5-6-7-8-9-2/h54,56H,5-53,55H2,1-4H3,(H,58,64);3-8H2,1-2H3. The predicted octanol–water partition coefficient (Wildman–Crippen LogP) is 17.2. The minimum atomic E-state index is 0.215. The molecule has 0 saturated carbocycles. The minimum Gasteiger partial charge on any atom is -0.385 e. The maximum atomic E-state index is 14.3. The highest BCUT2D eigenvalue weighted by atomic mass is 16.5. The summed E-state index contributed by atoms with van der Waals surface area (Å²) < 4.78 is 4.92. The summed E-state index contributed by atoms with van der Waals surface area (Å²) in [5.41, 5.74) is 0. The van der Waals surface area contributed by atoms with Crippen molar-refractivity contribution in [3.63, 3.8) is 0 Å². The third kappa shape index (κ3) is 58.1. The normalized spacial score (nSPS) is 11.5. The highest BCUT2D eigenvalue weighted by molar-refractivity contribution is 5.78. The van der Waals surface area contributed by atoms with Gasteiger partial charge in [0.15, 0.2) is 0 Å². The summed E-state index contributed by atoms with van der Waals surface area (Å²) in [5, 5.41) is 2.85. The fourth-order valence-corrected chi connectivity index (χ4v) is 10.3. The van der Waals surface area contributed by atoms with Crippen LogP contribution in [0.1, 0.15) is 311 Å². The second kappa shape index (κ2) is 65.7. The van der Waals surface area contributed by atoms with Gasteiger partial charge in [-0.25, -0.2) is 0 Å². The molecule has 0 aliphatic carbocycles. The first-order valence-electron chi connectivity index (χ1n) is 33.0. The van der Waals surface area contributed by atoms with Crippen LogP contribution in [0.2, 0.25) is 0 Å². The third-order valence-electron chi connectivity index (χ3n) is 15.3. The average molecular weight is 1050 g/mol. The van der Waals surface area contributed by atoms with Crippen molar-refractivity contribution in [3.8, 4) is 0 Å². The molecule has 0 bridgehead atoms. The Balaban J connectivity index is 0. The van der Waals surface area contributed by atoms with E-state index in [0.29, 0.717) is 26.1 Å². The quantitative estimate of drug-likeness (QED) is 0.0480. The Morgan fingerprint density at radius 2 is 0.662 bits per heavy atom. The highest BCUT2D eigenvalue weighted by Crippen LogP contribution is 2.15. The van der Waals surface area contributed by atoms with E-state index in [4.69, 9.17) is 4.74 Å². The molecule has 0 aromatic carbocycles. The Labute approximate surface area is 463 Å². The molecule has 0 aliphatic rings. The van der Waals surface area contributed by atoms with Gasteiger partial charge < -0.3 is 29.5 Å². The van der Waals surface area contributed by atoms with Gasteiger partial charge in [0.2, 0.25) is 12.3 Å². The molecule has 0 aliphatic heterocycles. The van der Waals surface area contributed by atoms with Gasteiger partial charge in [0.05, 0.1) is 6.54 Å². The molecular formula is C65H133N5O4. The number of nitrogens with zero attached hydrogens (tertiary/aromatic N) is 4. The van der Waals surface area contributed by atoms with Gasteiger partial charge in [0, 0.05) is 52.9 Å². The van der Waals surface area contributed by atoms with E-state index in [1.807, 2.05) is 0 Å². The lowest BCUT2D eigenvalue weighted by Gasteiger charge is -2.31. The Hall–Kier alpha value is -1.55. The van der Waals surface area contributed by atoms with Crippen molar-refractivity contribution in [1.82, 2.24) is 24.9 Å². The maximum absolute atomic E-state index is 14.3. The number of rotatable bonds is 62. The van der Waals surface area contributed by atoms with Crippen molar-refractivity contribution >= 4 is 18.6 Å². The lowest BCUT2D eigenvalue weighted by Crippen LogP contribution is -2.46. The van der Waals surface area contributed by atoms with E-state index in [2.05, 4.69) is 59.5 Å². The first kappa shape index (κ1) is 74.5. The summed E-state index contributed by atoms with van der Waals surface area (Å²) in [6, 6.07) is 0. The number of carbonyl (C=O) groups excluding carboxylic acids is 3. The van der Waals surface area contributed by atoms with Crippen molar-refractivity contribution in [2.24, 2.45) is 0 Å². The zero-order chi connectivity index (χ0) is 54.3. The molecule has 0 rings (SSSR count). The van der Waals surface area contributed by atoms with E-state index in [9.17, 15) is 14.4 Å². The van der Waals surface area contributed by atoms with Gasteiger partial charge in [0.1, 0.15) is 6.29 Å². The summed E-state index contributed by atoms with van der Waals surface area (Å²) in [6.07, 6.45) is 57.4. The van der Waals surface area contributed by atoms with E-state index < -0.39 is 0 Å². The van der Waals surface area contributed by atoms with E-state index in [0.717, 1.165) is 97.2 Å². The van der Waals surface area contributed by atoms with Crippen molar-refractivity contribution in [2.75, 3.05) is 92.3 Å². The van der Waals surface area contributed by atoms with E-state index in [1.165, 1.54) is 251 Å². The number of unbranched alkanes of at least 4 members (excludes halogenated alkanes) is 36. The van der Waals surface area contributed by atoms with Crippen LogP contribution < -0.4 is 5.32 Å². The molecule has 9 nitrogen and oxygen atoms in total. The van der Waals surface area contributed by atoms with Crippen LogP contribution >= 0.6 is 0 Å². The Bertz CT molecular complexity index is 1060. The molecule has 0 atom stereocenters. The van der Waals surface area contributed by atoms with Crippen LogP contribution in [0.25, 0.3) is 0 Å². The van der Waals surface area contributed by atoms with Crippen LogP contribution in [0, 0.1) is 0 Å². The lowest BCUT2D eigenvalue weighted by molar-refractivity contribution is -0.132. The highest BCUT2D eigenvalue weighted by Gasteiger charge is 2.19. The largest absolute Gasteiger partial charge is 0.385 e. The van der Waals surface area contributed by atoms with Gasteiger partial charge in [0.25, 0.3) is 0 Å². The van der Waals surface area contributed by atoms with Crippen LogP contribution in [-0.4, -0.2) is 130 Å². The Kier molecular flexibility index (Phi) is 66.2. The number of nitrogens with one attached hydrogen (secondary N) is 1. The van der Waals surface area contributed by atoms with Crippen LogP contribution in [0.15, 0.2) is 0 Å². The zero-order valence-electron chi connectivity index (χ0n) is 51.2. The number of hydrogen-bond donors (Lipinski definition) is 1. The summed E-state index contributed by atoms with van der Waals surface area (Å²) in [5.74, 6) is 0.215. The van der Waals surface area contributed by atoms with Gasteiger partial charge in [-0.15, -0.1) is 0 Å². The summed E-state index contributed by atoms with van der Waals surface area (Å²) >= 11 is 0. The van der Waals surface area contributed by atoms with Gasteiger partial charge in [-0.1, -0.05) is 253 Å². The molecule has 2 amide bonds. The number of amides is 2. The molecular weight excluding hydrogens is 915 g/mol. The second-order valence-corrected chi connectivity index (χ2v) is 22.4. The zero-order valence-corrected chi connectivity index (χ0v) is 51.2. The van der Waals surface area contributed by atoms with Gasteiger partial charge >= 0.3 is 0 Å². The first-order valence-corrected chi connectivity index (χ1v) is 33.0. The first-order chi connectivity index (χ1) is 36.5. The lowest BCUT2D eigenvalue weighted by atomic mass is 10.1. The molecule has 9 heteroatoms. The smallest absolute Gasteiger partial charge is 0.236 e. The topological polar surface area (TPSA) is 85.4 Å². The second-order valence-electron chi connectivity index (χ2n) is 22.4. The van der Waals surface area contributed by atoms with Crippen LogP contribution in [-0.2, 0) is 19.1 Å². The van der Waals surface area contributed by atoms with Crippen molar-refractivity contribution in [2.45, 2.75) is 311 Å². The van der Waals surface area contributed by atoms with Crippen LogP contribution in [0.3, 0.4) is 0 Å². The predicted molar refractivity (Wildman–Crippen MR) is 325 cm³/mol. The van der Waals surface area contributed by atoms with Gasteiger partial charge in [-0.3, -0.25) is 14.5 Å². The van der Waals surface area contributed by atoms with Crippen molar-refractivity contribution < 1.29 is 19.1 Å². The maximum Gasteiger partial charge on any atom is 0.236 e. The average Bonchev–Trinajstić information content (AvgIpc) is 3.40. The fraction of sp³-hybridized carbons (Fsp3) is 0.954. The van der Waals surface area contributed by atoms with Crippen LogP contribution in [0.5, 0.6) is 0 Å². The SMILES string of the molecule is CCCCCCCCCCCCCCN(CCCCCC=O)CCCN(CCNC=O)C(=O)CN(CCCCCCCCC)CCN(CCCCCCCCC)CCCCCCCCC.CCCCCCCOC. The monoisotopic (exact) mass is 1050 g/mol. The van der Waals surface area contributed by atoms with E-state index in [-0.39, 0.29) is 5.91 Å². The summed E-state index contributed by atoms with van der Waals surface area (Å²) in [6.45, 7) is 23.1. The number of aldehydes is 1. The number of carbonyl (C=O) groups is 3. The molecule has 442 valence electrons. The Morgan fingerprint density at radius 1 is 0.351 bits per heavy atom. The summed E-state index contributed by atoms with van der Waals surface area (Å²) in [4.78, 5) is 46.4. The fourth-order valence-electron chi connectivity index (χ4n) is 10.3. The molecule has 1 N–H and O–H groups in total. The van der Waals surface area contributed by atoms with E-state index >= 15 is 0 Å². The number of ether oxygens (including phenoxy) is 1. The Morgan fingerprint density at radius 3 is 1.03 bits per heavy atom. The molecule has 0 fully saturated rings. The summed E-state index contributed by atoms with van der Waals surface area (Å²) in [7, 11) is 1.76. The number of hydrogen-bond acceptors (Lipinski definition) is 7. The van der Waals surface area contributed by atoms with E-state index in [1.54, 1.807) is 7.11 Å². The molecule has 0 aromatic heterocycles. The molecule has 0 saturated heterocycles. The van der Waals surface area contributed by atoms with Crippen molar-refractivity contribution in [3.05, 3.63) is 0 Å². The molecule has 0 aromatic rings. The van der Waals surface area contributed by atoms with Crippen LogP contribution in [0.4, 0.5) is 0 Å². The third-order valence-corrected chi connectivity index (χ3v) is 15.3. The van der Waals surface area contributed by atoms with Gasteiger partial charge in [-0.05, 0) is 90.6 Å².